The lowest BCUT2D eigenvalue weighted by Gasteiger charge is -2.21. The number of anilines is 1. The molecule has 1 aliphatic rings. The lowest BCUT2D eigenvalue weighted by Crippen LogP contribution is -2.30. The number of hydrogen-bond donors (Lipinski definition) is 4. The number of rotatable bonds is 7. The number of fused-ring (bicyclic) bond motifs is 2. The van der Waals surface area contributed by atoms with Gasteiger partial charge in [0.25, 0.3) is 0 Å². The minimum atomic E-state index is -0.429. The first-order chi connectivity index (χ1) is 21.0. The molecule has 1 aromatic carbocycles. The molecule has 0 atom stereocenters. The van der Waals surface area contributed by atoms with E-state index >= 15 is 0 Å². The molecule has 0 radical (unpaired) electrons. The van der Waals surface area contributed by atoms with Gasteiger partial charge in [0.2, 0.25) is 5.91 Å². The Labute approximate surface area is 245 Å². The van der Waals surface area contributed by atoms with Crippen LogP contribution in [0.2, 0.25) is 0 Å². The van der Waals surface area contributed by atoms with E-state index in [0.29, 0.717) is 57.7 Å². The summed E-state index contributed by atoms with van der Waals surface area (Å²) in [5.41, 5.74) is 5.78. The van der Waals surface area contributed by atoms with E-state index in [1.807, 2.05) is 18.2 Å². The molecule has 1 aliphatic heterocycles. The highest BCUT2D eigenvalue weighted by Gasteiger charge is 2.19. The molecule has 1 amide bonds. The number of ether oxygens (including phenoxy) is 1. The Hall–Kier alpha value is -5.23. The van der Waals surface area contributed by atoms with Gasteiger partial charge in [0.15, 0.2) is 11.5 Å². The second-order valence-corrected chi connectivity index (χ2v) is 10.6. The van der Waals surface area contributed by atoms with Crippen molar-refractivity contribution in [2.24, 2.45) is 5.92 Å². The van der Waals surface area contributed by atoms with Gasteiger partial charge in [-0.1, -0.05) is 0 Å². The Morgan fingerprint density at radius 2 is 1.91 bits per heavy atom. The number of nitrogens with zero attached hydrogens (tertiary/aromatic N) is 5. The molecule has 6 heterocycles. The lowest BCUT2D eigenvalue weighted by atomic mass is 9.94. The van der Waals surface area contributed by atoms with E-state index in [1.165, 1.54) is 19.2 Å². The Morgan fingerprint density at radius 1 is 1.05 bits per heavy atom. The number of imidazole rings is 1. The summed E-state index contributed by atoms with van der Waals surface area (Å²) in [5.74, 6) is 0.882. The van der Waals surface area contributed by atoms with Gasteiger partial charge in [-0.3, -0.25) is 19.9 Å². The largest absolute Gasteiger partial charge is 0.497 e. The molecule has 0 saturated carbocycles. The molecule has 0 bridgehead atoms. The third-order valence-corrected chi connectivity index (χ3v) is 7.72. The number of aromatic amines is 2. The van der Waals surface area contributed by atoms with Gasteiger partial charge >= 0.3 is 0 Å². The molecule has 0 spiro atoms. The fourth-order valence-electron chi connectivity index (χ4n) is 5.55. The normalized spacial score (nSPS) is 13.9. The zero-order valence-corrected chi connectivity index (χ0v) is 23.3. The third-order valence-electron chi connectivity index (χ3n) is 7.72. The number of carbonyl (C=O) groups excluding carboxylic acids is 1. The van der Waals surface area contributed by atoms with Crippen molar-refractivity contribution in [3.63, 3.8) is 0 Å². The summed E-state index contributed by atoms with van der Waals surface area (Å²) in [7, 11) is 1.49. The average Bonchev–Trinajstić information content (AvgIpc) is 3.65. The van der Waals surface area contributed by atoms with Crippen molar-refractivity contribution in [2.45, 2.75) is 19.3 Å². The van der Waals surface area contributed by atoms with E-state index in [-0.39, 0.29) is 5.91 Å². The number of hydrogen-bond acceptors (Lipinski definition) is 8. The van der Waals surface area contributed by atoms with Crippen LogP contribution >= 0.6 is 0 Å². The summed E-state index contributed by atoms with van der Waals surface area (Å²) >= 11 is 0. The monoisotopic (exact) mass is 577 g/mol. The Bertz CT molecular complexity index is 1960. The number of aromatic nitrogens is 7. The first-order valence-electron chi connectivity index (χ1n) is 14.0. The lowest BCUT2D eigenvalue weighted by molar-refractivity contribution is -0.117. The molecule has 11 nitrogen and oxygen atoms in total. The molecule has 1 fully saturated rings. The Kier molecular flexibility index (Phi) is 6.95. The maximum Gasteiger partial charge on any atom is 0.224 e. The summed E-state index contributed by atoms with van der Waals surface area (Å²) in [6.45, 7) is 1.91. The molecular formula is C31H28FN9O2. The maximum absolute atomic E-state index is 14.3. The molecule has 216 valence electrons. The number of piperidine rings is 1. The second kappa shape index (κ2) is 11.2. The van der Waals surface area contributed by atoms with Crippen LogP contribution in [0.5, 0.6) is 5.75 Å². The molecule has 4 N–H and O–H groups in total. The molecule has 43 heavy (non-hydrogen) atoms. The summed E-state index contributed by atoms with van der Waals surface area (Å²) in [5, 5.41) is 14.5. The summed E-state index contributed by atoms with van der Waals surface area (Å²) < 4.78 is 19.5. The number of carbonyl (C=O) groups is 1. The molecule has 1 saturated heterocycles. The van der Waals surface area contributed by atoms with Crippen LogP contribution in [0.4, 0.5) is 10.1 Å². The number of nitrogens with one attached hydrogen (secondary N) is 4. The van der Waals surface area contributed by atoms with Crippen LogP contribution in [0.25, 0.3) is 56.0 Å². The van der Waals surface area contributed by atoms with Crippen molar-refractivity contribution in [2.75, 3.05) is 25.5 Å². The van der Waals surface area contributed by atoms with E-state index in [0.717, 1.165) is 48.0 Å². The highest BCUT2D eigenvalue weighted by atomic mass is 19.1. The van der Waals surface area contributed by atoms with Gasteiger partial charge in [0, 0.05) is 47.8 Å². The second-order valence-electron chi connectivity index (χ2n) is 10.6. The number of amides is 1. The Balaban J connectivity index is 1.20. The van der Waals surface area contributed by atoms with Crippen LogP contribution in [-0.2, 0) is 4.79 Å². The minimum Gasteiger partial charge on any atom is -0.497 e. The first kappa shape index (κ1) is 26.7. The van der Waals surface area contributed by atoms with E-state index < -0.39 is 5.82 Å². The highest BCUT2D eigenvalue weighted by Crippen LogP contribution is 2.33. The van der Waals surface area contributed by atoms with Crippen molar-refractivity contribution < 1.29 is 13.9 Å². The average molecular weight is 578 g/mol. The number of methoxy groups -OCH3 is 1. The standard InChI is InChI=1S/C31H28FN9O2/c1-43-23-11-18(9-21(32)13-23)27-29-25(4-7-35-27)38-31(39-29)28-24-12-20(15-36-30(24)41-40-28)19-10-22(16-34-14-19)37-26(42)8-17-2-5-33-6-3-17/h4,7,9-17,33H,2-3,5-6,8H2,1H3,(H,37,42)(H,38,39)(H,36,40,41). The summed E-state index contributed by atoms with van der Waals surface area (Å²) in [4.78, 5) is 34.2. The van der Waals surface area contributed by atoms with Crippen LogP contribution in [0, 0.1) is 11.7 Å². The van der Waals surface area contributed by atoms with E-state index in [1.54, 1.807) is 30.9 Å². The summed E-state index contributed by atoms with van der Waals surface area (Å²) in [6, 6.07) is 10.1. The van der Waals surface area contributed by atoms with Crippen LogP contribution in [0.15, 0.2) is 61.2 Å². The molecule has 12 heteroatoms. The zero-order chi connectivity index (χ0) is 29.3. The van der Waals surface area contributed by atoms with Crippen LogP contribution in [-0.4, -0.2) is 61.2 Å². The summed E-state index contributed by atoms with van der Waals surface area (Å²) in [6.07, 6.45) is 9.26. The number of halogens is 1. The van der Waals surface area contributed by atoms with Gasteiger partial charge in [0.1, 0.15) is 22.8 Å². The van der Waals surface area contributed by atoms with Gasteiger partial charge in [-0.25, -0.2) is 14.4 Å². The van der Waals surface area contributed by atoms with Gasteiger partial charge in [-0.05, 0) is 62.2 Å². The van der Waals surface area contributed by atoms with Crippen molar-refractivity contribution in [1.29, 1.82) is 0 Å². The van der Waals surface area contributed by atoms with Gasteiger partial charge in [0.05, 0.1) is 35.6 Å². The Morgan fingerprint density at radius 3 is 2.77 bits per heavy atom. The molecule has 5 aromatic heterocycles. The van der Waals surface area contributed by atoms with Gasteiger partial charge in [-0.2, -0.15) is 5.10 Å². The van der Waals surface area contributed by atoms with E-state index in [4.69, 9.17) is 9.72 Å². The molecule has 6 aromatic rings. The van der Waals surface area contributed by atoms with Crippen molar-refractivity contribution >= 4 is 33.7 Å². The predicted molar refractivity (Wildman–Crippen MR) is 161 cm³/mol. The smallest absolute Gasteiger partial charge is 0.224 e. The number of H-pyrrole nitrogens is 2. The molecular weight excluding hydrogens is 549 g/mol. The van der Waals surface area contributed by atoms with Crippen LogP contribution < -0.4 is 15.4 Å². The van der Waals surface area contributed by atoms with Gasteiger partial charge < -0.3 is 20.4 Å². The van der Waals surface area contributed by atoms with Crippen molar-refractivity contribution in [1.82, 2.24) is 40.4 Å². The van der Waals surface area contributed by atoms with Gasteiger partial charge in [-0.15, -0.1) is 0 Å². The topological polar surface area (TPSA) is 146 Å². The number of pyridine rings is 3. The first-order valence-corrected chi connectivity index (χ1v) is 14.0. The van der Waals surface area contributed by atoms with Crippen molar-refractivity contribution in [3.05, 3.63) is 67.0 Å². The molecule has 0 unspecified atom stereocenters. The highest BCUT2D eigenvalue weighted by molar-refractivity contribution is 5.96. The van der Waals surface area contributed by atoms with E-state index in [2.05, 4.69) is 40.8 Å². The fraction of sp³-hybridized carbons (Fsp3) is 0.226. The van der Waals surface area contributed by atoms with Crippen molar-refractivity contribution in [3.8, 4) is 39.7 Å². The minimum absolute atomic E-state index is 0.00743. The van der Waals surface area contributed by atoms with Crippen LogP contribution in [0.1, 0.15) is 19.3 Å². The maximum atomic E-state index is 14.3. The quantitative estimate of drug-likeness (QED) is 0.205. The number of benzene rings is 1. The van der Waals surface area contributed by atoms with Crippen LogP contribution in [0.3, 0.4) is 0 Å². The van der Waals surface area contributed by atoms with E-state index in [9.17, 15) is 9.18 Å². The fourth-order valence-corrected chi connectivity index (χ4v) is 5.55. The zero-order valence-electron chi connectivity index (χ0n) is 23.3. The molecule has 0 aliphatic carbocycles. The third kappa shape index (κ3) is 5.40. The SMILES string of the molecule is COc1cc(F)cc(-c2nccc3[nH]c(-c4[nH]nc5ncc(-c6cncc(NC(=O)CC7CCNCC7)c6)cc45)nc23)c1. The predicted octanol–water partition coefficient (Wildman–Crippen LogP) is 5.10. The molecule has 7 rings (SSSR count).